The van der Waals surface area contributed by atoms with Crippen molar-refractivity contribution in [1.29, 1.82) is 0 Å². The molecule has 0 aliphatic heterocycles. The lowest BCUT2D eigenvalue weighted by Crippen LogP contribution is -2.09. The molecule has 0 aliphatic rings. The number of hydrogen-bond donors (Lipinski definition) is 2. The average Bonchev–Trinajstić information content (AvgIpc) is 2.23. The van der Waals surface area contributed by atoms with E-state index in [-0.39, 0.29) is 24.5 Å². The second-order valence-electron chi connectivity index (χ2n) is 2.71. The molecule has 0 spiro atoms. The Hall–Kier alpha value is -1.14. The molecule has 1 aromatic rings. The van der Waals surface area contributed by atoms with Crippen LogP contribution in [0.4, 0.5) is 5.95 Å². The highest BCUT2D eigenvalue weighted by Gasteiger charge is 2.04. The first-order valence-electron chi connectivity index (χ1n) is 4.65. The lowest BCUT2D eigenvalue weighted by Gasteiger charge is -2.05. The minimum Gasteiger partial charge on any atom is -0.461 e. The normalized spacial score (nSPS) is 10.1. The molecule has 0 saturated heterocycles. The molecule has 1 aromatic heterocycles. The van der Waals surface area contributed by atoms with Crippen LogP contribution < -0.4 is 10.1 Å². The lowest BCUT2D eigenvalue weighted by atomic mass is 10.5. The first-order chi connectivity index (χ1) is 7.26. The Bertz CT molecular complexity index is 284. The number of halogens is 1. The lowest BCUT2D eigenvalue weighted by molar-refractivity contribution is 0.191. The van der Waals surface area contributed by atoms with Crippen LogP contribution in [0.5, 0.6) is 6.01 Å². The van der Waals surface area contributed by atoms with Gasteiger partial charge in [0, 0.05) is 6.54 Å². The SMILES string of the molecule is CCCNc1nc(Cl)nc(OCCO)n1. The molecule has 0 atom stereocenters. The molecular formula is C8H13ClN4O2. The number of aromatic nitrogens is 3. The number of nitrogens with one attached hydrogen (secondary N) is 1. The molecular weight excluding hydrogens is 220 g/mol. The molecule has 0 bridgehead atoms. The van der Waals surface area contributed by atoms with E-state index in [1.165, 1.54) is 0 Å². The summed E-state index contributed by atoms with van der Waals surface area (Å²) in [4.78, 5) is 11.6. The molecule has 1 rings (SSSR count). The van der Waals surface area contributed by atoms with Crippen molar-refractivity contribution in [3.63, 3.8) is 0 Å². The topological polar surface area (TPSA) is 80.2 Å². The summed E-state index contributed by atoms with van der Waals surface area (Å²) < 4.78 is 5.02. The Morgan fingerprint density at radius 3 is 2.87 bits per heavy atom. The van der Waals surface area contributed by atoms with Crippen LogP contribution >= 0.6 is 11.6 Å². The predicted octanol–water partition coefficient (Wildman–Crippen LogP) is 0.718. The van der Waals surface area contributed by atoms with E-state index in [0.29, 0.717) is 5.95 Å². The molecule has 15 heavy (non-hydrogen) atoms. The number of aliphatic hydroxyl groups excluding tert-OH is 1. The van der Waals surface area contributed by atoms with Crippen LogP contribution in [0.15, 0.2) is 0 Å². The Balaban J connectivity index is 2.66. The number of hydrogen-bond acceptors (Lipinski definition) is 6. The summed E-state index contributed by atoms with van der Waals surface area (Å²) in [6.07, 6.45) is 0.954. The van der Waals surface area contributed by atoms with Crippen LogP contribution in [-0.2, 0) is 0 Å². The second-order valence-corrected chi connectivity index (χ2v) is 3.05. The van der Waals surface area contributed by atoms with Crippen LogP contribution in [-0.4, -0.2) is 39.8 Å². The van der Waals surface area contributed by atoms with Crippen molar-refractivity contribution < 1.29 is 9.84 Å². The van der Waals surface area contributed by atoms with E-state index in [1.807, 2.05) is 6.92 Å². The van der Waals surface area contributed by atoms with Crippen molar-refractivity contribution in [1.82, 2.24) is 15.0 Å². The van der Waals surface area contributed by atoms with Gasteiger partial charge in [-0.1, -0.05) is 6.92 Å². The van der Waals surface area contributed by atoms with Gasteiger partial charge in [0.15, 0.2) is 0 Å². The summed E-state index contributed by atoms with van der Waals surface area (Å²) >= 11 is 5.66. The number of rotatable bonds is 6. The van der Waals surface area contributed by atoms with Crippen LogP contribution in [0.3, 0.4) is 0 Å². The van der Waals surface area contributed by atoms with Gasteiger partial charge < -0.3 is 15.2 Å². The highest BCUT2D eigenvalue weighted by molar-refractivity contribution is 6.28. The van der Waals surface area contributed by atoms with Gasteiger partial charge in [-0.3, -0.25) is 0 Å². The number of aliphatic hydroxyl groups is 1. The largest absolute Gasteiger partial charge is 0.461 e. The predicted molar refractivity (Wildman–Crippen MR) is 56.2 cm³/mol. The Morgan fingerprint density at radius 2 is 2.20 bits per heavy atom. The third-order valence-electron chi connectivity index (χ3n) is 1.44. The summed E-state index contributed by atoms with van der Waals surface area (Å²) in [5.74, 6) is 0.379. The van der Waals surface area contributed by atoms with Gasteiger partial charge in [-0.2, -0.15) is 15.0 Å². The maximum Gasteiger partial charge on any atom is 0.322 e. The molecule has 0 aliphatic carbocycles. The second kappa shape index (κ2) is 6.36. The fourth-order valence-corrected chi connectivity index (χ4v) is 1.00. The molecule has 0 unspecified atom stereocenters. The van der Waals surface area contributed by atoms with Crippen molar-refractivity contribution in [2.75, 3.05) is 25.1 Å². The Labute approximate surface area is 92.7 Å². The summed E-state index contributed by atoms with van der Waals surface area (Å²) in [6.45, 7) is 2.81. The van der Waals surface area contributed by atoms with Crippen LogP contribution in [0, 0.1) is 0 Å². The molecule has 2 N–H and O–H groups in total. The molecule has 6 nitrogen and oxygen atoms in total. The zero-order valence-corrected chi connectivity index (χ0v) is 9.16. The average molecular weight is 233 g/mol. The standard InChI is InChI=1S/C8H13ClN4O2/c1-2-3-10-7-11-6(9)12-8(13-7)15-5-4-14/h14H,2-5H2,1H3,(H,10,11,12,13). The summed E-state index contributed by atoms with van der Waals surface area (Å²) in [6, 6.07) is 0.114. The van der Waals surface area contributed by atoms with E-state index in [9.17, 15) is 0 Å². The quantitative estimate of drug-likeness (QED) is 0.752. The minimum atomic E-state index is -0.0962. The fraction of sp³-hybridized carbons (Fsp3) is 0.625. The third kappa shape index (κ3) is 4.26. The van der Waals surface area contributed by atoms with Gasteiger partial charge >= 0.3 is 6.01 Å². The van der Waals surface area contributed by atoms with E-state index < -0.39 is 0 Å². The van der Waals surface area contributed by atoms with Crippen molar-refractivity contribution in [2.24, 2.45) is 0 Å². The molecule has 0 saturated carbocycles. The van der Waals surface area contributed by atoms with Gasteiger partial charge in [0.1, 0.15) is 6.61 Å². The van der Waals surface area contributed by atoms with Crippen molar-refractivity contribution in [3.8, 4) is 6.01 Å². The highest BCUT2D eigenvalue weighted by Crippen LogP contribution is 2.10. The molecule has 0 fully saturated rings. The van der Waals surface area contributed by atoms with Gasteiger partial charge in [0.05, 0.1) is 6.61 Å². The first-order valence-corrected chi connectivity index (χ1v) is 5.03. The van der Waals surface area contributed by atoms with E-state index in [2.05, 4.69) is 20.3 Å². The van der Waals surface area contributed by atoms with Crippen molar-refractivity contribution >= 4 is 17.5 Å². The van der Waals surface area contributed by atoms with Crippen molar-refractivity contribution in [2.45, 2.75) is 13.3 Å². The van der Waals surface area contributed by atoms with Crippen LogP contribution in [0.25, 0.3) is 0 Å². The number of ether oxygens (including phenoxy) is 1. The van der Waals surface area contributed by atoms with Gasteiger partial charge in [0.2, 0.25) is 11.2 Å². The summed E-state index contributed by atoms with van der Waals surface area (Å²) in [5.41, 5.74) is 0. The van der Waals surface area contributed by atoms with E-state index in [4.69, 9.17) is 21.4 Å². The Morgan fingerprint density at radius 1 is 1.40 bits per heavy atom. The molecule has 84 valence electrons. The molecule has 7 heteroatoms. The van der Waals surface area contributed by atoms with Crippen molar-refractivity contribution in [3.05, 3.63) is 5.28 Å². The third-order valence-corrected chi connectivity index (χ3v) is 1.61. The smallest absolute Gasteiger partial charge is 0.322 e. The molecule has 1 heterocycles. The van der Waals surface area contributed by atoms with Gasteiger partial charge in [-0.05, 0) is 18.0 Å². The maximum atomic E-state index is 8.56. The zero-order valence-electron chi connectivity index (χ0n) is 8.40. The number of nitrogens with zero attached hydrogens (tertiary/aromatic N) is 3. The summed E-state index contributed by atoms with van der Waals surface area (Å²) in [7, 11) is 0. The first kappa shape index (κ1) is 11.9. The molecule has 0 aromatic carbocycles. The fourth-order valence-electron chi connectivity index (χ4n) is 0.849. The van der Waals surface area contributed by atoms with E-state index >= 15 is 0 Å². The highest BCUT2D eigenvalue weighted by atomic mass is 35.5. The minimum absolute atomic E-state index is 0.0662. The molecule has 0 radical (unpaired) electrons. The van der Waals surface area contributed by atoms with Crippen LogP contribution in [0.2, 0.25) is 5.28 Å². The van der Waals surface area contributed by atoms with Gasteiger partial charge in [-0.25, -0.2) is 0 Å². The van der Waals surface area contributed by atoms with Crippen LogP contribution in [0.1, 0.15) is 13.3 Å². The zero-order chi connectivity index (χ0) is 11.1. The number of anilines is 1. The van der Waals surface area contributed by atoms with E-state index in [1.54, 1.807) is 0 Å². The maximum absolute atomic E-state index is 8.56. The van der Waals surface area contributed by atoms with Gasteiger partial charge in [-0.15, -0.1) is 0 Å². The monoisotopic (exact) mass is 232 g/mol. The van der Waals surface area contributed by atoms with Gasteiger partial charge in [0.25, 0.3) is 0 Å². The van der Waals surface area contributed by atoms with E-state index in [0.717, 1.165) is 13.0 Å². The summed E-state index contributed by atoms with van der Waals surface area (Å²) in [5, 5.41) is 11.6. The molecule has 0 amide bonds. The Kier molecular flexibility index (Phi) is 5.06.